The third kappa shape index (κ3) is 5.21. The predicted octanol–water partition coefficient (Wildman–Crippen LogP) is 5.30. The van der Waals surface area contributed by atoms with Crippen molar-refractivity contribution in [3.05, 3.63) is 63.6 Å². The lowest BCUT2D eigenvalue weighted by atomic mass is 9.97. The van der Waals surface area contributed by atoms with Crippen LogP contribution in [0.2, 0.25) is 10.0 Å². The summed E-state index contributed by atoms with van der Waals surface area (Å²) in [5.41, 5.74) is 1.94. The van der Waals surface area contributed by atoms with Crippen molar-refractivity contribution < 1.29 is 14.3 Å². The Hall–Kier alpha value is -2.04. The number of halogens is 2. The van der Waals surface area contributed by atoms with Gasteiger partial charge in [0.15, 0.2) is 6.61 Å². The van der Waals surface area contributed by atoms with Crippen molar-refractivity contribution in [1.29, 1.82) is 0 Å². The minimum Gasteiger partial charge on any atom is -0.452 e. The van der Waals surface area contributed by atoms with E-state index < -0.39 is 18.5 Å². The molecular formula is C19H19Cl2NO3. The zero-order valence-corrected chi connectivity index (χ0v) is 15.5. The Balaban J connectivity index is 1.98. The first-order chi connectivity index (χ1) is 11.9. The molecule has 0 bridgehead atoms. The van der Waals surface area contributed by atoms with E-state index in [-0.39, 0.29) is 10.6 Å². The standard InChI is InChI=1S/C19H19Cl2NO3/c1-3-12(2)14-6-4-5-7-17(14)22-18(23)11-25-19(24)15-9-8-13(20)10-16(15)21/h4-10,12H,3,11H2,1-2H3,(H,22,23)/t12-/m0/s1. The molecule has 0 fully saturated rings. The first-order valence-electron chi connectivity index (χ1n) is 7.93. The molecule has 0 aliphatic carbocycles. The number of carbonyl (C=O) groups excluding carboxylic acids is 2. The molecule has 1 atom stereocenters. The van der Waals surface area contributed by atoms with E-state index in [4.69, 9.17) is 27.9 Å². The molecule has 0 saturated carbocycles. The van der Waals surface area contributed by atoms with Crippen molar-refractivity contribution in [2.75, 3.05) is 11.9 Å². The Morgan fingerprint density at radius 1 is 1.16 bits per heavy atom. The fourth-order valence-electron chi connectivity index (χ4n) is 2.31. The smallest absolute Gasteiger partial charge is 0.340 e. The maximum absolute atomic E-state index is 12.1. The van der Waals surface area contributed by atoms with E-state index in [2.05, 4.69) is 19.2 Å². The second kappa shape index (κ2) is 8.88. The number of anilines is 1. The maximum Gasteiger partial charge on any atom is 0.340 e. The van der Waals surface area contributed by atoms with Crippen LogP contribution in [0.4, 0.5) is 5.69 Å². The fourth-order valence-corrected chi connectivity index (χ4v) is 2.80. The number of ether oxygens (including phenoxy) is 1. The van der Waals surface area contributed by atoms with Crippen LogP contribution in [-0.4, -0.2) is 18.5 Å². The van der Waals surface area contributed by atoms with Crippen molar-refractivity contribution in [3.63, 3.8) is 0 Å². The summed E-state index contributed by atoms with van der Waals surface area (Å²) in [6.07, 6.45) is 0.955. The molecule has 1 N–H and O–H groups in total. The molecule has 0 saturated heterocycles. The van der Waals surface area contributed by atoms with E-state index in [0.717, 1.165) is 17.7 Å². The summed E-state index contributed by atoms with van der Waals surface area (Å²) >= 11 is 11.7. The van der Waals surface area contributed by atoms with Crippen LogP contribution >= 0.6 is 23.2 Å². The largest absolute Gasteiger partial charge is 0.452 e. The topological polar surface area (TPSA) is 55.4 Å². The molecule has 0 spiro atoms. The molecule has 0 aliphatic heterocycles. The second-order valence-electron chi connectivity index (χ2n) is 5.65. The molecular weight excluding hydrogens is 361 g/mol. The van der Waals surface area contributed by atoms with Gasteiger partial charge in [-0.1, -0.05) is 55.2 Å². The average Bonchev–Trinajstić information content (AvgIpc) is 2.59. The molecule has 2 aromatic rings. The number of para-hydroxylation sites is 1. The Bertz CT molecular complexity index is 777. The molecule has 6 heteroatoms. The minimum absolute atomic E-state index is 0.166. The van der Waals surface area contributed by atoms with Gasteiger partial charge in [0.2, 0.25) is 0 Å². The summed E-state index contributed by atoms with van der Waals surface area (Å²) in [7, 11) is 0. The molecule has 4 nitrogen and oxygen atoms in total. The molecule has 25 heavy (non-hydrogen) atoms. The van der Waals surface area contributed by atoms with E-state index in [1.807, 2.05) is 24.3 Å². The highest BCUT2D eigenvalue weighted by atomic mass is 35.5. The minimum atomic E-state index is -0.674. The lowest BCUT2D eigenvalue weighted by Gasteiger charge is -2.15. The van der Waals surface area contributed by atoms with E-state index in [1.54, 1.807) is 0 Å². The van der Waals surface area contributed by atoms with Crippen molar-refractivity contribution in [2.45, 2.75) is 26.2 Å². The van der Waals surface area contributed by atoms with Crippen LogP contribution in [0.1, 0.15) is 42.1 Å². The van der Waals surface area contributed by atoms with Crippen molar-refractivity contribution in [3.8, 4) is 0 Å². The highest BCUT2D eigenvalue weighted by molar-refractivity contribution is 6.36. The highest BCUT2D eigenvalue weighted by Crippen LogP contribution is 2.26. The molecule has 1 amide bonds. The van der Waals surface area contributed by atoms with Gasteiger partial charge in [0.05, 0.1) is 10.6 Å². The summed E-state index contributed by atoms with van der Waals surface area (Å²) in [4.78, 5) is 24.1. The SMILES string of the molecule is CC[C@H](C)c1ccccc1NC(=O)COC(=O)c1ccc(Cl)cc1Cl. The van der Waals surface area contributed by atoms with Gasteiger partial charge in [-0.25, -0.2) is 4.79 Å². The molecule has 2 aromatic carbocycles. The highest BCUT2D eigenvalue weighted by Gasteiger charge is 2.15. The van der Waals surface area contributed by atoms with E-state index in [1.165, 1.54) is 18.2 Å². The van der Waals surface area contributed by atoms with Gasteiger partial charge in [0.25, 0.3) is 5.91 Å². The molecule has 0 aliphatic rings. The molecule has 0 radical (unpaired) electrons. The van der Waals surface area contributed by atoms with Crippen molar-refractivity contribution in [2.24, 2.45) is 0 Å². The number of rotatable bonds is 6. The predicted molar refractivity (Wildman–Crippen MR) is 101 cm³/mol. The molecule has 0 unspecified atom stereocenters. The third-order valence-corrected chi connectivity index (χ3v) is 4.41. The summed E-state index contributed by atoms with van der Waals surface area (Å²) in [5, 5.41) is 3.38. The summed E-state index contributed by atoms with van der Waals surface area (Å²) in [6, 6.07) is 12.0. The number of hydrogen-bond acceptors (Lipinski definition) is 3. The lowest BCUT2D eigenvalue weighted by Crippen LogP contribution is -2.22. The number of amides is 1. The van der Waals surface area contributed by atoms with Gasteiger partial charge in [0.1, 0.15) is 0 Å². The first kappa shape index (κ1) is 19.3. The zero-order valence-electron chi connectivity index (χ0n) is 14.0. The van der Waals surface area contributed by atoms with Gasteiger partial charge < -0.3 is 10.1 Å². The summed E-state index contributed by atoms with van der Waals surface area (Å²) < 4.78 is 5.03. The van der Waals surface area contributed by atoms with Gasteiger partial charge in [-0.05, 0) is 42.2 Å². The third-order valence-electron chi connectivity index (χ3n) is 3.86. The second-order valence-corrected chi connectivity index (χ2v) is 6.49. The van der Waals surface area contributed by atoms with Crippen LogP contribution in [0, 0.1) is 0 Å². The van der Waals surface area contributed by atoms with Crippen LogP contribution in [0.5, 0.6) is 0 Å². The lowest BCUT2D eigenvalue weighted by molar-refractivity contribution is -0.119. The van der Waals surface area contributed by atoms with Gasteiger partial charge in [-0.15, -0.1) is 0 Å². The Kier molecular flexibility index (Phi) is 6.85. The van der Waals surface area contributed by atoms with Crippen LogP contribution in [0.15, 0.2) is 42.5 Å². The monoisotopic (exact) mass is 379 g/mol. The van der Waals surface area contributed by atoms with Gasteiger partial charge >= 0.3 is 5.97 Å². The number of esters is 1. The maximum atomic E-state index is 12.1. The molecule has 0 heterocycles. The molecule has 2 rings (SSSR count). The Labute approximate surface area is 157 Å². The zero-order chi connectivity index (χ0) is 18.4. The Morgan fingerprint density at radius 3 is 2.56 bits per heavy atom. The number of hydrogen-bond donors (Lipinski definition) is 1. The van der Waals surface area contributed by atoms with Crippen LogP contribution < -0.4 is 5.32 Å². The quantitative estimate of drug-likeness (QED) is 0.692. The Morgan fingerprint density at radius 2 is 1.88 bits per heavy atom. The van der Waals surface area contributed by atoms with Crippen LogP contribution in [0.3, 0.4) is 0 Å². The van der Waals surface area contributed by atoms with Gasteiger partial charge in [-0.3, -0.25) is 4.79 Å². The van der Waals surface area contributed by atoms with E-state index >= 15 is 0 Å². The van der Waals surface area contributed by atoms with E-state index in [0.29, 0.717) is 10.9 Å². The number of nitrogens with one attached hydrogen (secondary N) is 1. The first-order valence-corrected chi connectivity index (χ1v) is 8.69. The average molecular weight is 380 g/mol. The molecule has 0 aromatic heterocycles. The summed E-state index contributed by atoms with van der Waals surface area (Å²) in [5.74, 6) is -0.770. The number of carbonyl (C=O) groups is 2. The van der Waals surface area contributed by atoms with Crippen molar-refractivity contribution in [1.82, 2.24) is 0 Å². The van der Waals surface area contributed by atoms with Crippen molar-refractivity contribution >= 4 is 40.8 Å². The van der Waals surface area contributed by atoms with Gasteiger partial charge in [-0.2, -0.15) is 0 Å². The fraction of sp³-hybridized carbons (Fsp3) is 0.263. The van der Waals surface area contributed by atoms with Gasteiger partial charge in [0, 0.05) is 10.7 Å². The van der Waals surface area contributed by atoms with E-state index in [9.17, 15) is 9.59 Å². The normalized spacial score (nSPS) is 11.7. The number of benzene rings is 2. The van der Waals surface area contributed by atoms with Crippen LogP contribution in [-0.2, 0) is 9.53 Å². The van der Waals surface area contributed by atoms with Crippen LogP contribution in [0.25, 0.3) is 0 Å². The summed E-state index contributed by atoms with van der Waals surface area (Å²) in [6.45, 7) is 3.78. The molecule has 132 valence electrons.